The summed E-state index contributed by atoms with van der Waals surface area (Å²) in [5, 5.41) is 2.88. The molecule has 2 aromatic carbocycles. The molecule has 0 saturated carbocycles. The van der Waals surface area contributed by atoms with E-state index in [-0.39, 0.29) is 5.91 Å². The first-order valence-corrected chi connectivity index (χ1v) is 10.8. The van der Waals surface area contributed by atoms with Crippen LogP contribution in [0.1, 0.15) is 31.2 Å². The molecule has 0 unspecified atom stereocenters. The van der Waals surface area contributed by atoms with Crippen molar-refractivity contribution in [2.45, 2.75) is 39.3 Å². The summed E-state index contributed by atoms with van der Waals surface area (Å²) in [6.45, 7) is 10.9. The molecule has 0 fully saturated rings. The van der Waals surface area contributed by atoms with E-state index in [0.717, 1.165) is 59.7 Å². The Balaban J connectivity index is 1.59. The first-order chi connectivity index (χ1) is 15.5. The molecule has 1 heterocycles. The normalized spacial score (nSPS) is 10.7. The number of benzene rings is 2. The smallest absolute Gasteiger partial charge is 0.246 e. The molecule has 0 saturated heterocycles. The van der Waals surface area contributed by atoms with Crippen LogP contribution in [0.3, 0.4) is 0 Å². The van der Waals surface area contributed by atoms with Crippen molar-refractivity contribution in [2.75, 3.05) is 13.7 Å². The predicted octanol–water partition coefficient (Wildman–Crippen LogP) is 4.82. The molecular weight excluding hydrogens is 402 g/mol. The van der Waals surface area contributed by atoms with Crippen LogP contribution in [0.15, 0.2) is 67.3 Å². The summed E-state index contributed by atoms with van der Waals surface area (Å²) in [5.74, 6) is 2.16. The van der Waals surface area contributed by atoms with Crippen LogP contribution in [0.25, 0.3) is 11.0 Å². The van der Waals surface area contributed by atoms with Gasteiger partial charge in [0.15, 0.2) is 11.5 Å². The van der Waals surface area contributed by atoms with E-state index in [1.807, 2.05) is 42.5 Å². The summed E-state index contributed by atoms with van der Waals surface area (Å²) >= 11 is 0. The molecular formula is C26H31N3O3. The number of aryl methyl sites for hydroxylation is 1. The van der Waals surface area contributed by atoms with Gasteiger partial charge in [0.25, 0.3) is 0 Å². The zero-order chi connectivity index (χ0) is 22.9. The Bertz CT molecular complexity index is 1100. The molecule has 1 aromatic heterocycles. The molecule has 0 aliphatic heterocycles. The average molecular weight is 434 g/mol. The number of nitrogens with one attached hydrogen (secondary N) is 1. The number of ether oxygens (including phenoxy) is 2. The number of rotatable bonds is 12. The second-order valence-corrected chi connectivity index (χ2v) is 7.66. The molecule has 0 spiro atoms. The van der Waals surface area contributed by atoms with Crippen LogP contribution < -0.4 is 14.8 Å². The number of nitrogens with zero attached hydrogens (tertiary/aromatic N) is 2. The van der Waals surface area contributed by atoms with Crippen molar-refractivity contribution in [3.05, 3.63) is 78.7 Å². The highest BCUT2D eigenvalue weighted by Gasteiger charge is 2.12. The third kappa shape index (κ3) is 5.78. The van der Waals surface area contributed by atoms with E-state index in [0.29, 0.717) is 18.7 Å². The van der Waals surface area contributed by atoms with Gasteiger partial charge >= 0.3 is 0 Å². The average Bonchev–Trinajstić information content (AvgIpc) is 3.15. The van der Waals surface area contributed by atoms with Gasteiger partial charge in [0, 0.05) is 12.1 Å². The van der Waals surface area contributed by atoms with Crippen molar-refractivity contribution in [3.63, 3.8) is 0 Å². The zero-order valence-corrected chi connectivity index (χ0v) is 18.9. The Morgan fingerprint density at radius 3 is 2.75 bits per heavy atom. The fourth-order valence-electron chi connectivity index (χ4n) is 3.50. The van der Waals surface area contributed by atoms with Gasteiger partial charge in [-0.1, -0.05) is 30.9 Å². The molecule has 168 valence electrons. The number of methoxy groups -OCH3 is 1. The van der Waals surface area contributed by atoms with Crippen LogP contribution in [-0.2, 0) is 24.3 Å². The Kier molecular flexibility index (Phi) is 8.08. The largest absolute Gasteiger partial charge is 0.493 e. The minimum absolute atomic E-state index is 0.162. The lowest BCUT2D eigenvalue weighted by Gasteiger charge is -2.13. The second-order valence-electron chi connectivity index (χ2n) is 7.66. The highest BCUT2D eigenvalue weighted by molar-refractivity contribution is 5.92. The molecule has 3 rings (SSSR count). The summed E-state index contributed by atoms with van der Waals surface area (Å²) in [6.07, 6.45) is 4.46. The van der Waals surface area contributed by atoms with Gasteiger partial charge in [-0.25, -0.2) is 4.98 Å². The molecule has 6 heteroatoms. The number of amides is 1. The van der Waals surface area contributed by atoms with E-state index >= 15 is 0 Å². The second kappa shape index (κ2) is 11.2. The quantitative estimate of drug-likeness (QED) is 0.253. The third-order valence-corrected chi connectivity index (χ3v) is 5.17. The fourth-order valence-corrected chi connectivity index (χ4v) is 3.50. The summed E-state index contributed by atoms with van der Waals surface area (Å²) in [6, 6.07) is 14.0. The van der Waals surface area contributed by atoms with Crippen LogP contribution in [0.2, 0.25) is 0 Å². The summed E-state index contributed by atoms with van der Waals surface area (Å²) < 4.78 is 13.6. The lowest BCUT2D eigenvalue weighted by atomic mass is 10.1. The Morgan fingerprint density at radius 2 is 2.00 bits per heavy atom. The number of hydrogen-bond donors (Lipinski definition) is 1. The van der Waals surface area contributed by atoms with Crippen LogP contribution in [0.4, 0.5) is 0 Å². The Hall–Kier alpha value is -3.54. The molecule has 1 amide bonds. The zero-order valence-electron chi connectivity index (χ0n) is 18.9. The van der Waals surface area contributed by atoms with Crippen molar-refractivity contribution < 1.29 is 14.3 Å². The van der Waals surface area contributed by atoms with Crippen LogP contribution >= 0.6 is 0 Å². The van der Waals surface area contributed by atoms with E-state index in [1.54, 1.807) is 14.0 Å². The third-order valence-electron chi connectivity index (χ3n) is 5.17. The van der Waals surface area contributed by atoms with Crippen LogP contribution in [-0.4, -0.2) is 29.2 Å². The standard InChI is InChI=1S/C26H31N3O3/c1-5-10-20-13-14-23(24(17-20)31-4)32-16-9-8-15-29-22-12-7-6-11-21(22)28-25(29)18-27-26(30)19(2)3/h5-7,11-14,17H,1-2,8-10,15-16,18H2,3-4H3,(H,27,30). The number of carbonyl (C=O) groups is 1. The Morgan fingerprint density at radius 1 is 1.19 bits per heavy atom. The van der Waals surface area contributed by atoms with Crippen molar-refractivity contribution in [1.82, 2.24) is 14.9 Å². The molecule has 6 nitrogen and oxygen atoms in total. The minimum atomic E-state index is -0.162. The number of aromatic nitrogens is 2. The van der Waals surface area contributed by atoms with Crippen LogP contribution in [0, 0.1) is 0 Å². The highest BCUT2D eigenvalue weighted by Crippen LogP contribution is 2.28. The van der Waals surface area contributed by atoms with E-state index in [2.05, 4.69) is 29.1 Å². The first-order valence-electron chi connectivity index (χ1n) is 10.8. The van der Waals surface area contributed by atoms with E-state index in [1.165, 1.54) is 0 Å². The number of allylic oxidation sites excluding steroid dienone is 1. The van der Waals surface area contributed by atoms with Gasteiger partial charge in [-0.15, -0.1) is 6.58 Å². The molecule has 0 atom stereocenters. The van der Waals surface area contributed by atoms with E-state index < -0.39 is 0 Å². The predicted molar refractivity (Wildman–Crippen MR) is 128 cm³/mol. The van der Waals surface area contributed by atoms with Crippen molar-refractivity contribution in [2.24, 2.45) is 0 Å². The number of para-hydroxylation sites is 2. The molecule has 1 N–H and O–H groups in total. The molecule has 32 heavy (non-hydrogen) atoms. The lowest BCUT2D eigenvalue weighted by molar-refractivity contribution is -0.117. The number of imidazole rings is 1. The minimum Gasteiger partial charge on any atom is -0.493 e. The number of hydrogen-bond acceptors (Lipinski definition) is 4. The number of carbonyl (C=O) groups excluding carboxylic acids is 1. The van der Waals surface area contributed by atoms with Crippen molar-refractivity contribution >= 4 is 16.9 Å². The monoisotopic (exact) mass is 433 g/mol. The Labute approximate surface area is 189 Å². The maximum absolute atomic E-state index is 11.9. The van der Waals surface area contributed by atoms with Gasteiger partial charge in [-0.05, 0) is 56.0 Å². The number of unbranched alkanes of at least 4 members (excludes halogenated alkanes) is 1. The molecule has 0 aliphatic carbocycles. The van der Waals surface area contributed by atoms with Crippen molar-refractivity contribution in [1.29, 1.82) is 0 Å². The maximum Gasteiger partial charge on any atom is 0.246 e. The molecule has 0 aliphatic rings. The summed E-state index contributed by atoms with van der Waals surface area (Å²) in [5.41, 5.74) is 3.61. The summed E-state index contributed by atoms with van der Waals surface area (Å²) in [7, 11) is 1.65. The highest BCUT2D eigenvalue weighted by atomic mass is 16.5. The van der Waals surface area contributed by atoms with Crippen molar-refractivity contribution in [3.8, 4) is 11.5 Å². The van der Waals surface area contributed by atoms with Gasteiger partial charge in [-0.2, -0.15) is 0 Å². The maximum atomic E-state index is 11.9. The molecule has 3 aromatic rings. The number of fused-ring (bicyclic) bond motifs is 1. The summed E-state index contributed by atoms with van der Waals surface area (Å²) in [4.78, 5) is 16.6. The molecule has 0 radical (unpaired) electrons. The van der Waals surface area contributed by atoms with Gasteiger partial charge < -0.3 is 19.4 Å². The lowest BCUT2D eigenvalue weighted by Crippen LogP contribution is -2.25. The molecule has 0 bridgehead atoms. The van der Waals surface area contributed by atoms with Gasteiger partial charge in [0.1, 0.15) is 5.82 Å². The van der Waals surface area contributed by atoms with E-state index in [9.17, 15) is 4.79 Å². The van der Waals surface area contributed by atoms with E-state index in [4.69, 9.17) is 14.5 Å². The van der Waals surface area contributed by atoms with Gasteiger partial charge in [0.2, 0.25) is 5.91 Å². The van der Waals surface area contributed by atoms with Crippen LogP contribution in [0.5, 0.6) is 11.5 Å². The fraction of sp³-hybridized carbons (Fsp3) is 0.308. The van der Waals surface area contributed by atoms with Gasteiger partial charge in [-0.3, -0.25) is 4.79 Å². The van der Waals surface area contributed by atoms with Gasteiger partial charge in [0.05, 0.1) is 31.3 Å². The SMILES string of the molecule is C=CCc1ccc(OCCCCn2c(CNC(=O)C(=C)C)nc3ccccc32)c(OC)c1. The first kappa shape index (κ1) is 23.1. The topological polar surface area (TPSA) is 65.4 Å².